The Kier molecular flexibility index (Phi) is 8.25. The van der Waals surface area contributed by atoms with Crippen molar-refractivity contribution in [3.63, 3.8) is 0 Å². The minimum absolute atomic E-state index is 0.311. The third-order valence-corrected chi connectivity index (χ3v) is 9.73. The Labute approximate surface area is 314 Å². The number of aromatic nitrogens is 4. The SMILES string of the molecule is N#Cc1ccccc1-c1ccc2c3ccccc3n(-c3ccc(-c4cccc(C(F)(F)F)c4)c(-c4nc(-c5ccccc5)nc(-c5ccccc5)n4)c3)c2c1. The first-order valence-electron chi connectivity index (χ1n) is 17.6. The molecule has 2 aromatic heterocycles. The lowest BCUT2D eigenvalue weighted by atomic mass is 9.96. The van der Waals surface area contributed by atoms with Gasteiger partial charge in [0.05, 0.1) is 28.2 Å². The van der Waals surface area contributed by atoms with E-state index in [9.17, 15) is 18.4 Å². The highest BCUT2D eigenvalue weighted by Gasteiger charge is 2.31. The van der Waals surface area contributed by atoms with Crippen molar-refractivity contribution < 1.29 is 13.2 Å². The van der Waals surface area contributed by atoms with Crippen LogP contribution in [0.2, 0.25) is 0 Å². The molecule has 8 heteroatoms. The Hall–Kier alpha value is -7.37. The third-order valence-electron chi connectivity index (χ3n) is 9.73. The average molecular weight is 720 g/mol. The number of fused-ring (bicyclic) bond motifs is 3. The van der Waals surface area contributed by atoms with E-state index in [-0.39, 0.29) is 0 Å². The fourth-order valence-electron chi connectivity index (χ4n) is 7.15. The Bertz CT molecular complexity index is 2870. The van der Waals surface area contributed by atoms with Crippen molar-refractivity contribution in [3.05, 3.63) is 181 Å². The quantitative estimate of drug-likeness (QED) is 0.172. The molecular formula is C47H28F3N5. The Balaban J connectivity index is 1.34. The summed E-state index contributed by atoms with van der Waals surface area (Å²) in [4.78, 5) is 14.8. The summed E-state index contributed by atoms with van der Waals surface area (Å²) < 4.78 is 44.4. The number of hydrogen-bond donors (Lipinski definition) is 0. The van der Waals surface area contributed by atoms with E-state index in [4.69, 9.17) is 15.0 Å². The van der Waals surface area contributed by atoms with E-state index in [0.717, 1.165) is 61.9 Å². The van der Waals surface area contributed by atoms with Gasteiger partial charge in [0, 0.05) is 33.2 Å². The van der Waals surface area contributed by atoms with Crippen molar-refractivity contribution in [2.24, 2.45) is 0 Å². The summed E-state index contributed by atoms with van der Waals surface area (Å²) in [7, 11) is 0. The van der Waals surface area contributed by atoms with Crippen molar-refractivity contribution in [1.29, 1.82) is 5.26 Å². The second-order valence-corrected chi connectivity index (χ2v) is 13.1. The van der Waals surface area contributed by atoms with E-state index < -0.39 is 11.7 Å². The fourth-order valence-corrected chi connectivity index (χ4v) is 7.15. The maximum absolute atomic E-state index is 14.1. The first-order valence-corrected chi connectivity index (χ1v) is 17.6. The van der Waals surface area contributed by atoms with Gasteiger partial charge in [0.2, 0.25) is 0 Å². The summed E-state index contributed by atoms with van der Waals surface area (Å²) in [6, 6.07) is 54.2. The van der Waals surface area contributed by atoms with E-state index in [2.05, 4.69) is 28.8 Å². The predicted molar refractivity (Wildman–Crippen MR) is 211 cm³/mol. The van der Waals surface area contributed by atoms with Crippen LogP contribution in [0.4, 0.5) is 13.2 Å². The van der Waals surface area contributed by atoms with E-state index >= 15 is 0 Å². The molecule has 0 N–H and O–H groups in total. The molecule has 0 saturated carbocycles. The molecule has 0 amide bonds. The Morgan fingerprint density at radius 2 is 1.05 bits per heavy atom. The van der Waals surface area contributed by atoms with E-state index in [0.29, 0.717) is 39.7 Å². The van der Waals surface area contributed by atoms with Crippen LogP contribution in [0.5, 0.6) is 0 Å². The first kappa shape index (κ1) is 33.5. The summed E-state index contributed by atoms with van der Waals surface area (Å²) in [6.45, 7) is 0. The van der Waals surface area contributed by atoms with Crippen molar-refractivity contribution in [3.8, 4) is 68.2 Å². The molecule has 0 saturated heterocycles. The Morgan fingerprint density at radius 3 is 1.76 bits per heavy atom. The topological polar surface area (TPSA) is 67.4 Å². The Morgan fingerprint density at radius 1 is 0.455 bits per heavy atom. The number of nitrogens with zero attached hydrogens (tertiary/aromatic N) is 5. The number of nitriles is 1. The largest absolute Gasteiger partial charge is 0.416 e. The molecule has 0 atom stereocenters. The van der Waals surface area contributed by atoms with Crippen LogP contribution in [0.15, 0.2) is 170 Å². The highest BCUT2D eigenvalue weighted by molar-refractivity contribution is 6.10. The molecule has 2 heterocycles. The molecule has 0 fully saturated rings. The highest BCUT2D eigenvalue weighted by Crippen LogP contribution is 2.40. The molecule has 0 aliphatic rings. The summed E-state index contributed by atoms with van der Waals surface area (Å²) in [6.07, 6.45) is -4.53. The smallest absolute Gasteiger partial charge is 0.309 e. The molecule has 0 aliphatic carbocycles. The monoisotopic (exact) mass is 719 g/mol. The molecule has 262 valence electrons. The van der Waals surface area contributed by atoms with Crippen molar-refractivity contribution in [2.45, 2.75) is 6.18 Å². The van der Waals surface area contributed by atoms with Gasteiger partial charge in [-0.2, -0.15) is 18.4 Å². The van der Waals surface area contributed by atoms with Crippen LogP contribution >= 0.6 is 0 Å². The molecule has 0 aliphatic heterocycles. The molecule has 5 nitrogen and oxygen atoms in total. The zero-order valence-electron chi connectivity index (χ0n) is 29.0. The second kappa shape index (κ2) is 13.6. The number of benzene rings is 7. The minimum atomic E-state index is -4.53. The first-order chi connectivity index (χ1) is 26.9. The van der Waals surface area contributed by atoms with Crippen LogP contribution in [0.3, 0.4) is 0 Å². The van der Waals surface area contributed by atoms with Gasteiger partial charge in [-0.05, 0) is 64.7 Å². The highest BCUT2D eigenvalue weighted by atomic mass is 19.4. The normalized spacial score (nSPS) is 11.5. The summed E-state index contributed by atoms with van der Waals surface area (Å²) >= 11 is 0. The lowest BCUT2D eigenvalue weighted by Gasteiger charge is -2.16. The minimum Gasteiger partial charge on any atom is -0.309 e. The zero-order valence-corrected chi connectivity index (χ0v) is 29.0. The van der Waals surface area contributed by atoms with Gasteiger partial charge in [-0.1, -0.05) is 127 Å². The molecular weight excluding hydrogens is 692 g/mol. The molecule has 7 aromatic carbocycles. The predicted octanol–water partition coefficient (Wildman–Crippen LogP) is 12.2. The van der Waals surface area contributed by atoms with Gasteiger partial charge < -0.3 is 4.57 Å². The molecule has 0 unspecified atom stereocenters. The van der Waals surface area contributed by atoms with E-state index in [1.807, 2.05) is 121 Å². The fraction of sp³-hybridized carbons (Fsp3) is 0.0213. The maximum atomic E-state index is 14.1. The van der Waals surface area contributed by atoms with Gasteiger partial charge in [0.25, 0.3) is 0 Å². The molecule has 0 radical (unpaired) electrons. The second-order valence-electron chi connectivity index (χ2n) is 13.1. The lowest BCUT2D eigenvalue weighted by molar-refractivity contribution is -0.137. The third kappa shape index (κ3) is 6.18. The molecule has 9 aromatic rings. The zero-order chi connectivity index (χ0) is 37.5. The van der Waals surface area contributed by atoms with Crippen LogP contribution in [0, 0.1) is 11.3 Å². The van der Waals surface area contributed by atoms with Gasteiger partial charge in [-0.25, -0.2) is 15.0 Å². The number of alkyl halides is 3. The maximum Gasteiger partial charge on any atom is 0.416 e. The van der Waals surface area contributed by atoms with Gasteiger partial charge >= 0.3 is 6.18 Å². The molecule has 0 spiro atoms. The van der Waals surface area contributed by atoms with Crippen LogP contribution in [0.1, 0.15) is 11.1 Å². The average Bonchev–Trinajstić information content (AvgIpc) is 3.57. The van der Waals surface area contributed by atoms with Crippen LogP contribution in [-0.4, -0.2) is 19.5 Å². The molecule has 55 heavy (non-hydrogen) atoms. The molecule has 0 bridgehead atoms. The van der Waals surface area contributed by atoms with Crippen LogP contribution < -0.4 is 0 Å². The van der Waals surface area contributed by atoms with Crippen LogP contribution in [-0.2, 0) is 6.18 Å². The van der Waals surface area contributed by atoms with Gasteiger partial charge in [-0.15, -0.1) is 0 Å². The van der Waals surface area contributed by atoms with Crippen molar-refractivity contribution in [2.75, 3.05) is 0 Å². The van der Waals surface area contributed by atoms with Gasteiger partial charge in [0.1, 0.15) is 0 Å². The van der Waals surface area contributed by atoms with E-state index in [1.165, 1.54) is 6.07 Å². The standard InChI is InChI=1S/C47H28F3N5/c48-47(49,50)35-18-11-17-32(26-35)38-25-23-36(28-41(38)46-53-44(30-12-3-1-4-13-30)52-45(54-46)31-14-5-2-6-15-31)55-42-21-10-9-20-39(42)40-24-22-33(27-43(40)55)37-19-8-7-16-34(37)29-51/h1-28H. The van der Waals surface area contributed by atoms with Crippen molar-refractivity contribution >= 4 is 21.8 Å². The number of halogens is 3. The number of hydrogen-bond acceptors (Lipinski definition) is 4. The van der Waals surface area contributed by atoms with E-state index in [1.54, 1.807) is 12.1 Å². The van der Waals surface area contributed by atoms with Crippen molar-refractivity contribution in [1.82, 2.24) is 19.5 Å². The summed E-state index contributed by atoms with van der Waals surface area (Å²) in [5.74, 6) is 1.18. The van der Waals surface area contributed by atoms with Crippen LogP contribution in [0.25, 0.3) is 83.9 Å². The number of rotatable bonds is 6. The molecule has 9 rings (SSSR count). The summed E-state index contributed by atoms with van der Waals surface area (Å²) in [5, 5.41) is 11.9. The lowest BCUT2D eigenvalue weighted by Crippen LogP contribution is -2.05. The summed E-state index contributed by atoms with van der Waals surface area (Å²) in [5.41, 5.74) is 7.08. The van der Waals surface area contributed by atoms with Gasteiger partial charge in [-0.3, -0.25) is 0 Å². The van der Waals surface area contributed by atoms with Gasteiger partial charge in [0.15, 0.2) is 17.5 Å². The number of para-hydroxylation sites is 1.